The zero-order chi connectivity index (χ0) is 52.7. The summed E-state index contributed by atoms with van der Waals surface area (Å²) in [6.45, 7) is 24.1. The molecule has 5 aliphatic rings. The summed E-state index contributed by atoms with van der Waals surface area (Å²) in [7, 11) is 0. The molecule has 10 aromatic carbocycles. The van der Waals surface area contributed by atoms with E-state index in [1.165, 1.54) is 145 Å². The Morgan fingerprint density at radius 1 is 0.221 bits per heavy atom. The molecule has 1 heteroatoms. The summed E-state index contributed by atoms with van der Waals surface area (Å²) >= 11 is 0. The van der Waals surface area contributed by atoms with Crippen molar-refractivity contribution in [2.24, 2.45) is 0 Å². The first kappa shape index (κ1) is 46.3. The molecule has 77 heavy (non-hydrogen) atoms. The number of rotatable bonds is 6. The highest BCUT2D eigenvalue weighted by atomic mass is 15.1. The number of nitrogens with zero attached hydrogens (tertiary/aromatic N) is 1. The van der Waals surface area contributed by atoms with Crippen molar-refractivity contribution >= 4 is 17.1 Å². The van der Waals surface area contributed by atoms with Gasteiger partial charge in [-0.2, -0.15) is 0 Å². The van der Waals surface area contributed by atoms with E-state index in [0.29, 0.717) is 0 Å². The standard InChI is InChI=1S/C76H65N/c1-72(2)61-23-15-11-19-51(61)55-33-27-45(39-65(55)72)71(46-28-34-56-52-20-12-16-24-62(52)73(3,4)66(56)40-46)47-29-35-57-60-38-32-50(44-70(60)76(9,10)67(57)41-47)77(48-30-36-58-53-21-13-17-25-63(53)74(5,6)68(58)42-48)49-31-37-59-54-22-14-18-26-64(54)75(7,8)69(59)43-49/h11-44,71H,1-10H3. The van der Waals surface area contributed by atoms with E-state index in [1.54, 1.807) is 0 Å². The van der Waals surface area contributed by atoms with E-state index in [1.807, 2.05) is 0 Å². The second-order valence-electron chi connectivity index (χ2n) is 25.7. The van der Waals surface area contributed by atoms with Crippen LogP contribution in [-0.4, -0.2) is 0 Å². The Morgan fingerprint density at radius 3 is 0.701 bits per heavy atom. The normalized spacial score (nSPS) is 16.8. The number of hydrogen-bond acceptors (Lipinski definition) is 1. The highest BCUT2D eigenvalue weighted by Crippen LogP contribution is 2.57. The summed E-state index contributed by atoms with van der Waals surface area (Å²) in [6.07, 6.45) is 0. The van der Waals surface area contributed by atoms with Crippen molar-refractivity contribution in [1.82, 2.24) is 0 Å². The monoisotopic (exact) mass is 992 g/mol. The van der Waals surface area contributed by atoms with E-state index >= 15 is 0 Å². The predicted octanol–water partition coefficient (Wildman–Crippen LogP) is 19.9. The summed E-state index contributed by atoms with van der Waals surface area (Å²) < 4.78 is 0. The van der Waals surface area contributed by atoms with Crippen LogP contribution in [-0.2, 0) is 27.1 Å². The number of benzene rings is 10. The Morgan fingerprint density at radius 2 is 0.429 bits per heavy atom. The molecule has 0 saturated carbocycles. The fourth-order valence-corrected chi connectivity index (χ4v) is 15.6. The summed E-state index contributed by atoms with van der Waals surface area (Å²) in [5.74, 6) is 0.0193. The average molecular weight is 992 g/mol. The Labute approximate surface area is 456 Å². The van der Waals surface area contributed by atoms with Gasteiger partial charge in [0.2, 0.25) is 0 Å². The molecule has 0 spiro atoms. The third-order valence-electron chi connectivity index (χ3n) is 19.8. The van der Waals surface area contributed by atoms with Gasteiger partial charge in [0.05, 0.1) is 0 Å². The molecule has 1 nitrogen and oxygen atoms in total. The fourth-order valence-electron chi connectivity index (χ4n) is 15.6. The molecule has 15 rings (SSSR count). The predicted molar refractivity (Wildman–Crippen MR) is 323 cm³/mol. The van der Waals surface area contributed by atoms with Crippen molar-refractivity contribution in [2.45, 2.75) is 102 Å². The first-order valence-electron chi connectivity index (χ1n) is 28.0. The number of fused-ring (bicyclic) bond motifs is 15. The summed E-state index contributed by atoms with van der Waals surface area (Å²) in [6, 6.07) is 80.1. The van der Waals surface area contributed by atoms with Crippen LogP contribution in [0.25, 0.3) is 55.6 Å². The molecule has 5 aliphatic carbocycles. The second kappa shape index (κ2) is 15.6. The number of hydrogen-bond donors (Lipinski definition) is 0. The van der Waals surface area contributed by atoms with Crippen LogP contribution in [0.3, 0.4) is 0 Å². The Balaban J connectivity index is 0.874. The Kier molecular flexibility index (Phi) is 9.37. The van der Waals surface area contributed by atoms with Crippen LogP contribution in [0.1, 0.15) is 147 Å². The maximum atomic E-state index is 2.58. The van der Waals surface area contributed by atoms with E-state index in [4.69, 9.17) is 0 Å². The SMILES string of the molecule is CC1(C)c2ccccc2-c2ccc(C(c3ccc4c(c3)C(C)(C)c3ccccc3-4)c3ccc4c(c3)C(C)(C)c3cc(N(c5ccc6c(c5)C(C)(C)c5ccccc5-6)c5ccc6c(c5)C(C)(C)c5ccccc5-6)ccc3-4)cc21. The summed E-state index contributed by atoms with van der Waals surface area (Å²) in [5.41, 5.74) is 34.2. The van der Waals surface area contributed by atoms with Crippen LogP contribution in [0.4, 0.5) is 17.1 Å². The topological polar surface area (TPSA) is 3.24 Å². The van der Waals surface area contributed by atoms with E-state index in [9.17, 15) is 0 Å². The summed E-state index contributed by atoms with van der Waals surface area (Å²) in [5, 5.41) is 0. The van der Waals surface area contributed by atoms with E-state index in [0.717, 1.165) is 0 Å². The van der Waals surface area contributed by atoms with Crippen LogP contribution in [0.15, 0.2) is 206 Å². The van der Waals surface area contributed by atoms with Crippen molar-refractivity contribution in [3.8, 4) is 55.6 Å². The third-order valence-corrected chi connectivity index (χ3v) is 19.8. The van der Waals surface area contributed by atoms with Gasteiger partial charge in [-0.25, -0.2) is 0 Å². The maximum absolute atomic E-state index is 2.58. The molecule has 0 heterocycles. The molecule has 0 bridgehead atoms. The van der Waals surface area contributed by atoms with Gasteiger partial charge < -0.3 is 4.90 Å². The highest BCUT2D eigenvalue weighted by molar-refractivity contribution is 5.91. The van der Waals surface area contributed by atoms with E-state index in [-0.39, 0.29) is 33.0 Å². The zero-order valence-electron chi connectivity index (χ0n) is 46.2. The Bertz CT molecular complexity index is 3720. The second-order valence-corrected chi connectivity index (χ2v) is 25.7. The van der Waals surface area contributed by atoms with Gasteiger partial charge in [0.25, 0.3) is 0 Å². The first-order chi connectivity index (χ1) is 37.0. The molecule has 0 N–H and O–H groups in total. The third kappa shape index (κ3) is 6.23. The lowest BCUT2D eigenvalue weighted by Crippen LogP contribution is -2.19. The molecule has 0 amide bonds. The van der Waals surface area contributed by atoms with Crippen molar-refractivity contribution in [3.05, 3.63) is 279 Å². The minimum atomic E-state index is -0.279. The van der Waals surface area contributed by atoms with E-state index < -0.39 is 0 Å². The minimum absolute atomic E-state index is 0.0193. The molecule has 0 aromatic heterocycles. The molecule has 0 aliphatic heterocycles. The van der Waals surface area contributed by atoms with Gasteiger partial charge in [0, 0.05) is 50.1 Å². The first-order valence-corrected chi connectivity index (χ1v) is 28.0. The van der Waals surface area contributed by atoms with Crippen molar-refractivity contribution in [2.75, 3.05) is 4.90 Å². The van der Waals surface area contributed by atoms with Gasteiger partial charge in [-0.15, -0.1) is 0 Å². The molecule has 0 radical (unpaired) electrons. The van der Waals surface area contributed by atoms with E-state index in [2.05, 4.69) is 280 Å². The van der Waals surface area contributed by atoms with Crippen molar-refractivity contribution in [1.29, 1.82) is 0 Å². The van der Waals surface area contributed by atoms with Gasteiger partial charge in [-0.1, -0.05) is 239 Å². The van der Waals surface area contributed by atoms with Crippen molar-refractivity contribution in [3.63, 3.8) is 0 Å². The van der Waals surface area contributed by atoms with Gasteiger partial charge in [0.15, 0.2) is 0 Å². The maximum Gasteiger partial charge on any atom is 0.0465 e. The molecule has 0 saturated heterocycles. The summed E-state index contributed by atoms with van der Waals surface area (Å²) in [4.78, 5) is 2.54. The van der Waals surface area contributed by atoms with Crippen LogP contribution in [0.5, 0.6) is 0 Å². The lowest BCUT2D eigenvalue weighted by molar-refractivity contribution is 0.655. The largest absolute Gasteiger partial charge is 0.310 e. The fraction of sp³-hybridized carbons (Fsp3) is 0.211. The molecular weight excluding hydrogens is 927 g/mol. The van der Waals surface area contributed by atoms with Crippen molar-refractivity contribution < 1.29 is 0 Å². The quantitative estimate of drug-likeness (QED) is 0.150. The van der Waals surface area contributed by atoms with Gasteiger partial charge in [0.1, 0.15) is 0 Å². The average Bonchev–Trinajstić information content (AvgIpc) is 4.27. The van der Waals surface area contributed by atoms with Gasteiger partial charge in [-0.3, -0.25) is 0 Å². The molecular formula is C76H65N. The Hall–Kier alpha value is -8.00. The zero-order valence-corrected chi connectivity index (χ0v) is 46.2. The molecule has 0 unspecified atom stereocenters. The lowest BCUT2D eigenvalue weighted by atomic mass is 9.76. The van der Waals surface area contributed by atoms with Crippen LogP contribution >= 0.6 is 0 Å². The smallest absolute Gasteiger partial charge is 0.0465 e. The van der Waals surface area contributed by atoms with Gasteiger partial charge in [-0.05, 0) is 164 Å². The lowest BCUT2D eigenvalue weighted by Gasteiger charge is -2.31. The molecule has 10 aromatic rings. The van der Waals surface area contributed by atoms with Crippen LogP contribution < -0.4 is 4.90 Å². The molecule has 0 fully saturated rings. The van der Waals surface area contributed by atoms with Crippen LogP contribution in [0.2, 0.25) is 0 Å². The van der Waals surface area contributed by atoms with Gasteiger partial charge >= 0.3 is 0 Å². The molecule has 0 atom stereocenters. The minimum Gasteiger partial charge on any atom is -0.310 e. The molecule has 374 valence electrons. The number of anilines is 3. The van der Waals surface area contributed by atoms with Crippen LogP contribution in [0, 0.1) is 0 Å². The highest BCUT2D eigenvalue weighted by Gasteiger charge is 2.42.